The van der Waals surface area contributed by atoms with E-state index < -0.39 is 0 Å². The molecule has 0 radical (unpaired) electrons. The van der Waals surface area contributed by atoms with Crippen LogP contribution in [-0.4, -0.2) is 20.1 Å². The topological polar surface area (TPSA) is 47.6 Å². The quantitative estimate of drug-likeness (QED) is 0.856. The van der Waals surface area contributed by atoms with E-state index in [1.54, 1.807) is 32.4 Å². The second-order valence-electron chi connectivity index (χ2n) is 3.90. The number of benzene rings is 1. The zero-order valence-electron chi connectivity index (χ0n) is 10.7. The van der Waals surface area contributed by atoms with Gasteiger partial charge in [-0.3, -0.25) is 4.79 Å². The number of anilines is 1. The first kappa shape index (κ1) is 13.4. The molecule has 0 heterocycles. The van der Waals surface area contributed by atoms with Crippen molar-refractivity contribution in [1.82, 2.24) is 0 Å². The molecule has 1 atom stereocenters. The fraction of sp³-hybridized carbons (Fsp3) is 0.462. The maximum atomic E-state index is 11.7. The first-order chi connectivity index (χ1) is 8.10. The molecule has 0 saturated carbocycles. The number of hydrogen-bond acceptors (Lipinski definition) is 3. The lowest BCUT2D eigenvalue weighted by atomic mass is 10.1. The Morgan fingerprint density at radius 1 is 1.24 bits per heavy atom. The van der Waals surface area contributed by atoms with E-state index in [0.29, 0.717) is 17.2 Å². The molecule has 1 amide bonds. The summed E-state index contributed by atoms with van der Waals surface area (Å²) in [7, 11) is 3.16. The standard InChI is InChI=1S/C13H19NO3/c1-5-9(2)13(15)14-10-6-11(16-3)8-12(7-10)17-4/h6-9H,5H2,1-4H3,(H,14,15)/t9-/m0/s1. The maximum Gasteiger partial charge on any atom is 0.227 e. The summed E-state index contributed by atoms with van der Waals surface area (Å²) in [5.41, 5.74) is 0.687. The van der Waals surface area contributed by atoms with Gasteiger partial charge in [0.15, 0.2) is 0 Å². The molecular weight excluding hydrogens is 218 g/mol. The van der Waals surface area contributed by atoms with Gasteiger partial charge in [-0.25, -0.2) is 0 Å². The van der Waals surface area contributed by atoms with Crippen LogP contribution in [0.3, 0.4) is 0 Å². The molecular formula is C13H19NO3. The van der Waals surface area contributed by atoms with Gasteiger partial charge in [-0.1, -0.05) is 13.8 Å². The number of rotatable bonds is 5. The third kappa shape index (κ3) is 3.66. The van der Waals surface area contributed by atoms with E-state index in [1.807, 2.05) is 13.8 Å². The number of carbonyl (C=O) groups is 1. The van der Waals surface area contributed by atoms with Gasteiger partial charge in [-0.15, -0.1) is 0 Å². The smallest absolute Gasteiger partial charge is 0.227 e. The average molecular weight is 237 g/mol. The first-order valence-electron chi connectivity index (χ1n) is 5.64. The Hall–Kier alpha value is -1.71. The third-order valence-corrected chi connectivity index (χ3v) is 2.68. The Morgan fingerprint density at radius 2 is 1.76 bits per heavy atom. The van der Waals surface area contributed by atoms with Crippen LogP contribution >= 0.6 is 0 Å². The Bertz CT molecular complexity index is 368. The second-order valence-corrected chi connectivity index (χ2v) is 3.90. The molecule has 4 nitrogen and oxygen atoms in total. The van der Waals surface area contributed by atoms with Gasteiger partial charge in [-0.05, 0) is 6.42 Å². The zero-order chi connectivity index (χ0) is 12.8. The first-order valence-corrected chi connectivity index (χ1v) is 5.64. The normalized spacial score (nSPS) is 11.8. The van der Waals surface area contributed by atoms with Crippen molar-refractivity contribution >= 4 is 11.6 Å². The highest BCUT2D eigenvalue weighted by Crippen LogP contribution is 2.26. The highest BCUT2D eigenvalue weighted by atomic mass is 16.5. The predicted molar refractivity (Wildman–Crippen MR) is 67.6 cm³/mol. The number of nitrogens with one attached hydrogen (secondary N) is 1. The van der Waals surface area contributed by atoms with Crippen LogP contribution in [0.15, 0.2) is 18.2 Å². The van der Waals surface area contributed by atoms with Gasteiger partial charge in [0.25, 0.3) is 0 Å². The molecule has 0 aromatic heterocycles. The Balaban J connectivity index is 2.86. The second kappa shape index (κ2) is 6.13. The van der Waals surface area contributed by atoms with Gasteiger partial charge in [0, 0.05) is 29.8 Å². The van der Waals surface area contributed by atoms with Crippen LogP contribution in [0.25, 0.3) is 0 Å². The SMILES string of the molecule is CC[C@H](C)C(=O)Nc1cc(OC)cc(OC)c1. The molecule has 94 valence electrons. The van der Waals surface area contributed by atoms with Crippen LogP contribution in [0.1, 0.15) is 20.3 Å². The molecule has 0 fully saturated rings. The van der Waals surface area contributed by atoms with E-state index in [4.69, 9.17) is 9.47 Å². The maximum absolute atomic E-state index is 11.7. The van der Waals surface area contributed by atoms with Gasteiger partial charge in [0.2, 0.25) is 5.91 Å². The van der Waals surface area contributed by atoms with Gasteiger partial charge >= 0.3 is 0 Å². The monoisotopic (exact) mass is 237 g/mol. The van der Waals surface area contributed by atoms with E-state index in [9.17, 15) is 4.79 Å². The van der Waals surface area contributed by atoms with E-state index in [0.717, 1.165) is 6.42 Å². The summed E-state index contributed by atoms with van der Waals surface area (Å²) in [4.78, 5) is 11.7. The number of methoxy groups -OCH3 is 2. The highest BCUT2D eigenvalue weighted by Gasteiger charge is 2.11. The summed E-state index contributed by atoms with van der Waals surface area (Å²) < 4.78 is 10.3. The highest BCUT2D eigenvalue weighted by molar-refractivity contribution is 5.92. The average Bonchev–Trinajstić information content (AvgIpc) is 2.36. The Labute approximate surface area is 102 Å². The lowest BCUT2D eigenvalue weighted by Crippen LogP contribution is -2.19. The van der Waals surface area contributed by atoms with E-state index in [-0.39, 0.29) is 11.8 Å². The van der Waals surface area contributed by atoms with Crippen LogP contribution in [0.5, 0.6) is 11.5 Å². The van der Waals surface area contributed by atoms with Crippen molar-refractivity contribution < 1.29 is 14.3 Å². The molecule has 0 aliphatic rings. The minimum Gasteiger partial charge on any atom is -0.497 e. The number of ether oxygens (including phenoxy) is 2. The molecule has 1 rings (SSSR count). The fourth-order valence-electron chi connectivity index (χ4n) is 1.33. The predicted octanol–water partition coefficient (Wildman–Crippen LogP) is 2.69. The van der Waals surface area contributed by atoms with Gasteiger partial charge < -0.3 is 14.8 Å². The molecule has 0 unspecified atom stereocenters. The molecule has 1 aromatic rings. The van der Waals surface area contributed by atoms with Crippen molar-refractivity contribution in [3.8, 4) is 11.5 Å². The number of amides is 1. The van der Waals surface area contributed by atoms with Crippen molar-refractivity contribution in [2.75, 3.05) is 19.5 Å². The minimum atomic E-state index is -0.00723. The van der Waals surface area contributed by atoms with Crippen molar-refractivity contribution in [3.63, 3.8) is 0 Å². The van der Waals surface area contributed by atoms with Crippen LogP contribution in [0.2, 0.25) is 0 Å². The Kier molecular flexibility index (Phi) is 4.82. The molecule has 0 bridgehead atoms. The zero-order valence-corrected chi connectivity index (χ0v) is 10.7. The van der Waals surface area contributed by atoms with E-state index >= 15 is 0 Å². The molecule has 4 heteroatoms. The molecule has 1 N–H and O–H groups in total. The molecule has 1 aromatic carbocycles. The summed E-state index contributed by atoms with van der Waals surface area (Å²) in [5, 5.41) is 2.84. The van der Waals surface area contributed by atoms with Crippen LogP contribution in [0, 0.1) is 5.92 Å². The largest absolute Gasteiger partial charge is 0.497 e. The van der Waals surface area contributed by atoms with Gasteiger partial charge in [0.1, 0.15) is 11.5 Å². The molecule has 0 spiro atoms. The van der Waals surface area contributed by atoms with Crippen molar-refractivity contribution in [3.05, 3.63) is 18.2 Å². The summed E-state index contributed by atoms with van der Waals surface area (Å²) in [6.45, 7) is 3.88. The fourth-order valence-corrected chi connectivity index (χ4v) is 1.33. The van der Waals surface area contributed by atoms with Crippen molar-refractivity contribution in [2.24, 2.45) is 5.92 Å². The molecule has 17 heavy (non-hydrogen) atoms. The lowest BCUT2D eigenvalue weighted by Gasteiger charge is -2.12. The minimum absolute atomic E-state index is 0.00260. The van der Waals surface area contributed by atoms with Gasteiger partial charge in [0.05, 0.1) is 14.2 Å². The summed E-state index contributed by atoms with van der Waals surface area (Å²) in [6.07, 6.45) is 0.812. The third-order valence-electron chi connectivity index (χ3n) is 2.68. The molecule has 0 saturated heterocycles. The summed E-state index contributed by atoms with van der Waals surface area (Å²) in [5.74, 6) is 1.31. The summed E-state index contributed by atoms with van der Waals surface area (Å²) >= 11 is 0. The number of hydrogen-bond donors (Lipinski definition) is 1. The van der Waals surface area contributed by atoms with E-state index in [2.05, 4.69) is 5.32 Å². The van der Waals surface area contributed by atoms with Crippen LogP contribution in [-0.2, 0) is 4.79 Å². The van der Waals surface area contributed by atoms with Crippen molar-refractivity contribution in [1.29, 1.82) is 0 Å². The van der Waals surface area contributed by atoms with Crippen LogP contribution < -0.4 is 14.8 Å². The lowest BCUT2D eigenvalue weighted by molar-refractivity contribution is -0.119. The molecule has 0 aliphatic carbocycles. The summed E-state index contributed by atoms with van der Waals surface area (Å²) in [6, 6.07) is 5.30. The molecule has 0 aliphatic heterocycles. The number of carbonyl (C=O) groups excluding carboxylic acids is 1. The van der Waals surface area contributed by atoms with E-state index in [1.165, 1.54) is 0 Å². The Morgan fingerprint density at radius 3 is 2.18 bits per heavy atom. The van der Waals surface area contributed by atoms with Crippen LogP contribution in [0.4, 0.5) is 5.69 Å². The van der Waals surface area contributed by atoms with Gasteiger partial charge in [-0.2, -0.15) is 0 Å². The van der Waals surface area contributed by atoms with Crippen molar-refractivity contribution in [2.45, 2.75) is 20.3 Å².